The van der Waals surface area contributed by atoms with Crippen molar-refractivity contribution in [1.82, 2.24) is 0 Å². The van der Waals surface area contributed by atoms with Crippen molar-refractivity contribution in [3.8, 4) is 0 Å². The predicted molar refractivity (Wildman–Crippen MR) is 133 cm³/mol. The summed E-state index contributed by atoms with van der Waals surface area (Å²) in [5.41, 5.74) is -0.349. The molecule has 1 atom stereocenters. The molecule has 180 valence electrons. The summed E-state index contributed by atoms with van der Waals surface area (Å²) in [6.45, 7) is 11.6. The van der Waals surface area contributed by atoms with E-state index in [4.69, 9.17) is 4.74 Å². The Morgan fingerprint density at radius 2 is 0.967 bits per heavy atom. The number of esters is 1. The average molecular weight is 425 g/mol. The fourth-order valence-electron chi connectivity index (χ4n) is 4.43. The Bertz CT molecular complexity index is 375. The summed E-state index contributed by atoms with van der Waals surface area (Å²) in [5.74, 6) is 0.494. The van der Waals surface area contributed by atoms with Crippen LogP contribution in [0.25, 0.3) is 0 Å². The van der Waals surface area contributed by atoms with Gasteiger partial charge in [-0.25, -0.2) is 0 Å². The normalized spacial score (nSPS) is 12.8. The molecule has 2 nitrogen and oxygen atoms in total. The third-order valence-electron chi connectivity index (χ3n) is 6.84. The molecule has 0 aliphatic rings. The van der Waals surface area contributed by atoms with Gasteiger partial charge < -0.3 is 4.74 Å². The quantitative estimate of drug-likeness (QED) is 0.128. The molecule has 0 spiro atoms. The maximum absolute atomic E-state index is 12.8. The van der Waals surface area contributed by atoms with Crippen molar-refractivity contribution in [3.05, 3.63) is 0 Å². The monoisotopic (exact) mass is 424 g/mol. The highest BCUT2D eigenvalue weighted by Gasteiger charge is 2.37. The van der Waals surface area contributed by atoms with E-state index in [1.54, 1.807) is 0 Å². The minimum atomic E-state index is -0.349. The molecule has 0 N–H and O–H groups in total. The van der Waals surface area contributed by atoms with Crippen LogP contribution in [0.5, 0.6) is 0 Å². The van der Waals surface area contributed by atoms with Gasteiger partial charge in [-0.2, -0.15) is 0 Å². The van der Waals surface area contributed by atoms with Crippen LogP contribution in [0.4, 0.5) is 0 Å². The Hall–Kier alpha value is -0.530. The van der Waals surface area contributed by atoms with Crippen LogP contribution in [0.2, 0.25) is 0 Å². The van der Waals surface area contributed by atoms with E-state index in [1.165, 1.54) is 116 Å². The van der Waals surface area contributed by atoms with Gasteiger partial charge in [0.2, 0.25) is 0 Å². The molecule has 0 rings (SSSR count). The van der Waals surface area contributed by atoms with Crippen LogP contribution in [0.3, 0.4) is 0 Å². The smallest absolute Gasteiger partial charge is 0.311 e. The Morgan fingerprint density at radius 3 is 1.47 bits per heavy atom. The second-order valence-corrected chi connectivity index (χ2v) is 10.1. The van der Waals surface area contributed by atoms with Crippen molar-refractivity contribution >= 4 is 5.97 Å². The van der Waals surface area contributed by atoms with Gasteiger partial charge in [0.05, 0.1) is 12.0 Å². The molecular formula is C28H56O2. The molecule has 1 unspecified atom stereocenters. The van der Waals surface area contributed by atoms with E-state index in [-0.39, 0.29) is 11.4 Å². The molecule has 0 radical (unpaired) electrons. The lowest BCUT2D eigenvalue weighted by molar-refractivity contribution is -0.157. The van der Waals surface area contributed by atoms with E-state index in [2.05, 4.69) is 34.6 Å². The summed E-state index contributed by atoms with van der Waals surface area (Å²) in [6, 6.07) is 0. The maximum atomic E-state index is 12.8. The van der Waals surface area contributed by atoms with Crippen LogP contribution in [0, 0.1) is 11.3 Å². The number of hydrogen-bond donors (Lipinski definition) is 0. The van der Waals surface area contributed by atoms with E-state index < -0.39 is 0 Å². The van der Waals surface area contributed by atoms with Crippen LogP contribution in [0.1, 0.15) is 157 Å². The first kappa shape index (κ1) is 29.5. The van der Waals surface area contributed by atoms with E-state index in [1.807, 2.05) is 0 Å². The van der Waals surface area contributed by atoms with Gasteiger partial charge in [-0.1, -0.05) is 124 Å². The van der Waals surface area contributed by atoms with Gasteiger partial charge in [0.15, 0.2) is 0 Å². The molecule has 0 fully saturated rings. The Morgan fingerprint density at radius 1 is 0.600 bits per heavy atom. The van der Waals surface area contributed by atoms with E-state index >= 15 is 0 Å². The van der Waals surface area contributed by atoms with Gasteiger partial charge >= 0.3 is 5.97 Å². The number of unbranched alkanes of at least 4 members (excludes halogenated alkanes) is 14. The molecule has 0 saturated carbocycles. The second kappa shape index (κ2) is 20.4. The van der Waals surface area contributed by atoms with Crippen molar-refractivity contribution in [2.24, 2.45) is 11.3 Å². The number of carbonyl (C=O) groups excluding carboxylic acids is 1. The number of carbonyl (C=O) groups is 1. The summed E-state index contributed by atoms with van der Waals surface area (Å²) < 4.78 is 5.70. The molecule has 30 heavy (non-hydrogen) atoms. The summed E-state index contributed by atoms with van der Waals surface area (Å²) >= 11 is 0. The molecule has 0 aliphatic heterocycles. The third-order valence-corrected chi connectivity index (χ3v) is 6.84. The minimum Gasteiger partial charge on any atom is -0.465 e. The van der Waals surface area contributed by atoms with Gasteiger partial charge in [-0.3, -0.25) is 4.79 Å². The van der Waals surface area contributed by atoms with Gasteiger partial charge in [0, 0.05) is 0 Å². The number of hydrogen-bond acceptors (Lipinski definition) is 2. The SMILES string of the molecule is CCCCCCCCCCCCC(CCCCC)C(C)(C)C(=O)OCCCCCC. The van der Waals surface area contributed by atoms with E-state index in [9.17, 15) is 4.79 Å². The Balaban J connectivity index is 4.24. The second-order valence-electron chi connectivity index (χ2n) is 10.1. The highest BCUT2D eigenvalue weighted by Crippen LogP contribution is 2.36. The highest BCUT2D eigenvalue weighted by atomic mass is 16.5. The van der Waals surface area contributed by atoms with Gasteiger partial charge in [-0.05, 0) is 39.0 Å². The van der Waals surface area contributed by atoms with Crippen LogP contribution in [-0.2, 0) is 9.53 Å². The zero-order valence-corrected chi connectivity index (χ0v) is 21.5. The van der Waals surface area contributed by atoms with Crippen LogP contribution >= 0.6 is 0 Å². The van der Waals surface area contributed by atoms with Gasteiger partial charge in [0.25, 0.3) is 0 Å². The fourth-order valence-corrected chi connectivity index (χ4v) is 4.43. The first-order valence-corrected chi connectivity index (χ1v) is 13.7. The predicted octanol–water partition coefficient (Wildman–Crippen LogP) is 9.64. The van der Waals surface area contributed by atoms with Gasteiger partial charge in [-0.15, -0.1) is 0 Å². The zero-order chi connectivity index (χ0) is 22.5. The van der Waals surface area contributed by atoms with E-state index in [0.29, 0.717) is 12.5 Å². The lowest BCUT2D eigenvalue weighted by Crippen LogP contribution is -2.35. The molecule has 0 saturated heterocycles. The summed E-state index contributed by atoms with van der Waals surface area (Å²) in [5, 5.41) is 0. The molecule has 0 aliphatic carbocycles. The first-order chi connectivity index (χ1) is 14.5. The minimum absolute atomic E-state index is 0.0348. The van der Waals surface area contributed by atoms with Crippen LogP contribution < -0.4 is 0 Å². The summed E-state index contributed by atoms with van der Waals surface area (Å²) in [7, 11) is 0. The molecule has 0 heterocycles. The Kier molecular flexibility index (Phi) is 20.0. The average Bonchev–Trinajstić information content (AvgIpc) is 2.73. The molecule has 0 bridgehead atoms. The van der Waals surface area contributed by atoms with Crippen molar-refractivity contribution < 1.29 is 9.53 Å². The van der Waals surface area contributed by atoms with Crippen molar-refractivity contribution in [1.29, 1.82) is 0 Å². The van der Waals surface area contributed by atoms with Crippen LogP contribution in [-0.4, -0.2) is 12.6 Å². The molecule has 0 aromatic rings. The third kappa shape index (κ3) is 15.3. The van der Waals surface area contributed by atoms with Crippen LogP contribution in [0.15, 0.2) is 0 Å². The maximum Gasteiger partial charge on any atom is 0.311 e. The largest absolute Gasteiger partial charge is 0.465 e. The summed E-state index contributed by atoms with van der Waals surface area (Å²) in [4.78, 5) is 12.8. The van der Waals surface area contributed by atoms with Crippen molar-refractivity contribution in [3.63, 3.8) is 0 Å². The summed E-state index contributed by atoms with van der Waals surface area (Å²) in [6.07, 6.45) is 24.5. The molecule has 0 aromatic heterocycles. The fraction of sp³-hybridized carbons (Fsp3) is 0.964. The first-order valence-electron chi connectivity index (χ1n) is 13.7. The van der Waals surface area contributed by atoms with Gasteiger partial charge in [0.1, 0.15) is 0 Å². The number of ether oxygens (including phenoxy) is 1. The standard InChI is InChI=1S/C28H56O2/c1-6-9-12-14-15-16-17-18-19-21-24-26(23-20-11-8-3)28(4,5)27(29)30-25-22-13-10-7-2/h26H,6-25H2,1-5H3. The van der Waals surface area contributed by atoms with Crippen molar-refractivity contribution in [2.45, 2.75) is 157 Å². The Labute approximate surface area is 190 Å². The highest BCUT2D eigenvalue weighted by molar-refractivity contribution is 5.76. The zero-order valence-electron chi connectivity index (χ0n) is 21.5. The molecule has 0 aromatic carbocycles. The van der Waals surface area contributed by atoms with Crippen molar-refractivity contribution in [2.75, 3.05) is 6.61 Å². The molecule has 0 amide bonds. The topological polar surface area (TPSA) is 26.3 Å². The molecule has 2 heteroatoms. The van der Waals surface area contributed by atoms with E-state index in [0.717, 1.165) is 6.42 Å². The lowest BCUT2D eigenvalue weighted by atomic mass is 9.73. The molecular weight excluding hydrogens is 368 g/mol. The lowest BCUT2D eigenvalue weighted by Gasteiger charge is -2.32. The number of rotatable bonds is 22.